The first-order chi connectivity index (χ1) is 6.19. The molecule has 1 N–H and O–H groups in total. The zero-order valence-corrected chi connectivity index (χ0v) is 8.80. The molecule has 1 rings (SSSR count). The Hall–Kier alpha value is -0.980. The predicted octanol–water partition coefficient (Wildman–Crippen LogP) is 3.02. The Bertz CT molecular complexity index is 250. The molecule has 0 aromatic heterocycles. The summed E-state index contributed by atoms with van der Waals surface area (Å²) in [5, 5.41) is 3.35. The Kier molecular flexibility index (Phi) is 2.97. The molecule has 13 heavy (non-hydrogen) atoms. The molecule has 0 saturated carbocycles. The van der Waals surface area contributed by atoms with Gasteiger partial charge in [-0.05, 0) is 32.0 Å². The molecule has 2 atom stereocenters. The third kappa shape index (κ3) is 1.55. The average Bonchev–Trinajstić information content (AvgIpc) is 2.42. The van der Waals surface area contributed by atoms with Gasteiger partial charge in [-0.3, -0.25) is 0 Å². The largest absolute Gasteiger partial charge is 0.384 e. The highest BCUT2D eigenvalue weighted by Gasteiger charge is 2.36. The van der Waals surface area contributed by atoms with Gasteiger partial charge in [0.25, 0.3) is 0 Å². The molecule has 0 aromatic rings. The molecule has 0 saturated heterocycles. The van der Waals surface area contributed by atoms with Crippen LogP contribution in [0.2, 0.25) is 0 Å². The first-order valence-corrected chi connectivity index (χ1v) is 4.91. The van der Waals surface area contributed by atoms with Gasteiger partial charge >= 0.3 is 0 Å². The third-order valence-corrected chi connectivity index (χ3v) is 2.90. The van der Waals surface area contributed by atoms with Gasteiger partial charge in [-0.15, -0.1) is 6.58 Å². The van der Waals surface area contributed by atoms with E-state index in [0.29, 0.717) is 6.04 Å². The molecule has 0 aliphatic carbocycles. The van der Waals surface area contributed by atoms with Crippen molar-refractivity contribution in [2.24, 2.45) is 5.41 Å². The van der Waals surface area contributed by atoms with Crippen LogP contribution in [0.5, 0.6) is 0 Å². The maximum absolute atomic E-state index is 3.86. The second kappa shape index (κ2) is 3.82. The van der Waals surface area contributed by atoms with E-state index in [2.05, 4.69) is 51.0 Å². The number of allylic oxidation sites excluding steroid dienone is 1. The van der Waals surface area contributed by atoms with E-state index in [-0.39, 0.29) is 5.41 Å². The summed E-state index contributed by atoms with van der Waals surface area (Å²) in [6.45, 7) is 10.4. The monoisotopic (exact) mass is 177 g/mol. The Labute approximate surface area is 81.2 Å². The Morgan fingerprint density at radius 3 is 2.85 bits per heavy atom. The van der Waals surface area contributed by atoms with E-state index in [1.807, 2.05) is 6.08 Å². The van der Waals surface area contributed by atoms with E-state index in [4.69, 9.17) is 0 Å². The highest BCUT2D eigenvalue weighted by atomic mass is 14.9. The molecule has 1 nitrogen and oxygen atoms in total. The minimum absolute atomic E-state index is 0.130. The molecular formula is C12H19N. The fourth-order valence-electron chi connectivity index (χ4n) is 2.07. The number of nitrogens with one attached hydrogen (secondary N) is 1. The van der Waals surface area contributed by atoms with Crippen molar-refractivity contribution in [1.82, 2.24) is 5.32 Å². The Morgan fingerprint density at radius 1 is 1.69 bits per heavy atom. The summed E-state index contributed by atoms with van der Waals surface area (Å²) in [4.78, 5) is 0. The molecule has 2 unspecified atom stereocenters. The normalized spacial score (nSPS) is 33.2. The lowest BCUT2D eigenvalue weighted by Crippen LogP contribution is -2.33. The minimum Gasteiger partial charge on any atom is -0.384 e. The van der Waals surface area contributed by atoms with E-state index < -0.39 is 0 Å². The van der Waals surface area contributed by atoms with Crippen molar-refractivity contribution in [2.45, 2.75) is 33.2 Å². The smallest absolute Gasteiger partial charge is 0.0562 e. The molecule has 0 spiro atoms. The van der Waals surface area contributed by atoms with Crippen LogP contribution < -0.4 is 5.32 Å². The van der Waals surface area contributed by atoms with Gasteiger partial charge in [0.1, 0.15) is 0 Å². The number of hydrogen-bond donors (Lipinski definition) is 1. The van der Waals surface area contributed by atoms with Crippen LogP contribution in [0.25, 0.3) is 0 Å². The molecule has 1 aliphatic rings. The molecule has 1 heterocycles. The first kappa shape index (κ1) is 10.1. The van der Waals surface area contributed by atoms with E-state index in [9.17, 15) is 0 Å². The van der Waals surface area contributed by atoms with Crippen molar-refractivity contribution in [3.05, 3.63) is 36.6 Å². The van der Waals surface area contributed by atoms with Crippen LogP contribution in [0.4, 0.5) is 0 Å². The van der Waals surface area contributed by atoms with Crippen LogP contribution >= 0.6 is 0 Å². The highest BCUT2D eigenvalue weighted by molar-refractivity contribution is 5.31. The van der Waals surface area contributed by atoms with Gasteiger partial charge in [0, 0.05) is 5.41 Å². The topological polar surface area (TPSA) is 12.0 Å². The predicted molar refractivity (Wildman–Crippen MR) is 58.4 cm³/mol. The van der Waals surface area contributed by atoms with Gasteiger partial charge in [0.05, 0.1) is 6.04 Å². The summed E-state index contributed by atoms with van der Waals surface area (Å²) in [5.74, 6) is 0. The van der Waals surface area contributed by atoms with E-state index >= 15 is 0 Å². The van der Waals surface area contributed by atoms with Gasteiger partial charge in [0.15, 0.2) is 0 Å². The third-order valence-electron chi connectivity index (χ3n) is 2.90. The van der Waals surface area contributed by atoms with Crippen LogP contribution in [0.15, 0.2) is 36.6 Å². The molecular weight excluding hydrogens is 158 g/mol. The Balaban J connectivity index is 2.98. The van der Waals surface area contributed by atoms with Gasteiger partial charge in [-0.25, -0.2) is 0 Å². The van der Waals surface area contributed by atoms with Crippen LogP contribution in [0, 0.1) is 5.41 Å². The van der Waals surface area contributed by atoms with Gasteiger partial charge in [-0.1, -0.05) is 25.2 Å². The molecule has 72 valence electrons. The lowest BCUT2D eigenvalue weighted by molar-refractivity contribution is 0.446. The average molecular weight is 177 g/mol. The van der Waals surface area contributed by atoms with Crippen LogP contribution in [-0.2, 0) is 0 Å². The molecule has 0 aromatic carbocycles. The lowest BCUT2D eigenvalue weighted by Gasteiger charge is -2.29. The van der Waals surface area contributed by atoms with Crippen LogP contribution in [-0.4, -0.2) is 6.04 Å². The number of rotatable bonds is 3. The molecule has 0 bridgehead atoms. The van der Waals surface area contributed by atoms with Crippen LogP contribution in [0.3, 0.4) is 0 Å². The standard InChI is InChI=1S/C12H19N/c1-5-8-12(4)10(6-2)9-13-11(12)7-3/h5,7-9,11,13H,3,6H2,1-2,4H3/b8-5-. The van der Waals surface area contributed by atoms with Crippen molar-refractivity contribution in [1.29, 1.82) is 0 Å². The summed E-state index contributed by atoms with van der Waals surface area (Å²) in [6, 6.07) is 0.346. The summed E-state index contributed by atoms with van der Waals surface area (Å²) in [5.41, 5.74) is 1.58. The molecule has 1 aliphatic heterocycles. The summed E-state index contributed by atoms with van der Waals surface area (Å²) in [6.07, 6.45) is 9.59. The second-order valence-electron chi connectivity index (χ2n) is 3.69. The second-order valence-corrected chi connectivity index (χ2v) is 3.69. The zero-order chi connectivity index (χ0) is 9.90. The minimum atomic E-state index is 0.130. The SMILES string of the molecule is C=CC1NC=C(CC)C1(C)/C=C\C. The quantitative estimate of drug-likeness (QED) is 0.653. The fourth-order valence-corrected chi connectivity index (χ4v) is 2.07. The number of hydrogen-bond acceptors (Lipinski definition) is 1. The van der Waals surface area contributed by atoms with Gasteiger partial charge in [-0.2, -0.15) is 0 Å². The van der Waals surface area contributed by atoms with Crippen LogP contribution in [0.1, 0.15) is 27.2 Å². The van der Waals surface area contributed by atoms with Gasteiger partial charge in [0.2, 0.25) is 0 Å². The van der Waals surface area contributed by atoms with Crippen molar-refractivity contribution in [3.8, 4) is 0 Å². The van der Waals surface area contributed by atoms with E-state index in [1.165, 1.54) is 5.57 Å². The van der Waals surface area contributed by atoms with E-state index in [0.717, 1.165) is 6.42 Å². The highest BCUT2D eigenvalue weighted by Crippen LogP contribution is 2.38. The lowest BCUT2D eigenvalue weighted by atomic mass is 9.77. The van der Waals surface area contributed by atoms with Crippen molar-refractivity contribution < 1.29 is 0 Å². The van der Waals surface area contributed by atoms with Crippen molar-refractivity contribution in [3.63, 3.8) is 0 Å². The zero-order valence-electron chi connectivity index (χ0n) is 8.80. The molecule has 0 amide bonds. The van der Waals surface area contributed by atoms with Crippen molar-refractivity contribution >= 4 is 0 Å². The molecule has 0 fully saturated rings. The van der Waals surface area contributed by atoms with Crippen molar-refractivity contribution in [2.75, 3.05) is 0 Å². The first-order valence-electron chi connectivity index (χ1n) is 4.91. The summed E-state index contributed by atoms with van der Waals surface area (Å²) >= 11 is 0. The maximum Gasteiger partial charge on any atom is 0.0562 e. The molecule has 1 heteroatoms. The maximum atomic E-state index is 3.86. The Morgan fingerprint density at radius 2 is 2.38 bits per heavy atom. The molecule has 0 radical (unpaired) electrons. The fraction of sp³-hybridized carbons (Fsp3) is 0.500. The summed E-state index contributed by atoms with van der Waals surface area (Å²) < 4.78 is 0. The van der Waals surface area contributed by atoms with Gasteiger partial charge < -0.3 is 5.32 Å². The summed E-state index contributed by atoms with van der Waals surface area (Å²) in [7, 11) is 0. The van der Waals surface area contributed by atoms with E-state index in [1.54, 1.807) is 0 Å².